The molecule has 0 unspecified atom stereocenters. The molecule has 0 radical (unpaired) electrons. The lowest BCUT2D eigenvalue weighted by Gasteiger charge is -2.09. The van der Waals surface area contributed by atoms with Crippen LogP contribution in [-0.4, -0.2) is 0 Å². The van der Waals surface area contributed by atoms with Crippen LogP contribution in [0.3, 0.4) is 0 Å². The Balaban J connectivity index is 2.13. The molecule has 5 heteroatoms. The number of ether oxygens (including phenoxy) is 1. The first-order valence-corrected chi connectivity index (χ1v) is 6.53. The maximum atomic E-state index is 12.9. The maximum absolute atomic E-state index is 12.9. The van der Waals surface area contributed by atoms with E-state index in [0.717, 1.165) is 5.56 Å². The van der Waals surface area contributed by atoms with E-state index in [9.17, 15) is 4.39 Å². The smallest absolute Gasteiger partial charge is 0.138 e. The van der Waals surface area contributed by atoms with Crippen molar-refractivity contribution >= 4 is 27.5 Å². The second kappa shape index (κ2) is 6.05. The standard InChI is InChI=1S/C14H8BrClFNO/c15-12-6-11(17)3-2-10(12)8-19-14-4-1-9(7-18)5-13(14)16/h1-6H,8H2. The van der Waals surface area contributed by atoms with Crippen molar-refractivity contribution in [3.63, 3.8) is 0 Å². The van der Waals surface area contributed by atoms with Gasteiger partial charge in [0, 0.05) is 10.0 Å². The number of benzene rings is 2. The van der Waals surface area contributed by atoms with Gasteiger partial charge in [-0.3, -0.25) is 0 Å². The van der Waals surface area contributed by atoms with E-state index in [-0.39, 0.29) is 12.4 Å². The molecule has 0 bridgehead atoms. The van der Waals surface area contributed by atoms with Crippen molar-refractivity contribution in [3.05, 3.63) is 62.8 Å². The van der Waals surface area contributed by atoms with Crippen LogP contribution >= 0.6 is 27.5 Å². The second-order valence-corrected chi connectivity index (χ2v) is 5.04. The second-order valence-electron chi connectivity index (χ2n) is 3.78. The summed E-state index contributed by atoms with van der Waals surface area (Å²) >= 11 is 9.26. The topological polar surface area (TPSA) is 33.0 Å². The predicted molar refractivity (Wildman–Crippen MR) is 74.6 cm³/mol. The van der Waals surface area contributed by atoms with Crippen molar-refractivity contribution in [3.8, 4) is 11.8 Å². The fourth-order valence-corrected chi connectivity index (χ4v) is 2.18. The lowest BCUT2D eigenvalue weighted by molar-refractivity contribution is 0.305. The first-order valence-electron chi connectivity index (χ1n) is 5.36. The van der Waals surface area contributed by atoms with E-state index >= 15 is 0 Å². The summed E-state index contributed by atoms with van der Waals surface area (Å²) in [6.45, 7) is 0.256. The van der Waals surface area contributed by atoms with Gasteiger partial charge in [-0.15, -0.1) is 0 Å². The van der Waals surface area contributed by atoms with Gasteiger partial charge in [-0.25, -0.2) is 4.39 Å². The van der Waals surface area contributed by atoms with Crippen LogP contribution in [0, 0.1) is 17.1 Å². The van der Waals surface area contributed by atoms with Crippen molar-refractivity contribution in [1.29, 1.82) is 5.26 Å². The van der Waals surface area contributed by atoms with E-state index in [1.54, 1.807) is 18.2 Å². The predicted octanol–water partition coefficient (Wildman–Crippen LogP) is 4.69. The minimum Gasteiger partial charge on any atom is -0.487 e. The molecule has 0 saturated carbocycles. The summed E-state index contributed by atoms with van der Waals surface area (Å²) in [5, 5.41) is 9.10. The summed E-state index contributed by atoms with van der Waals surface area (Å²) in [5.74, 6) is 0.170. The molecule has 0 amide bonds. The number of nitrogens with zero attached hydrogens (tertiary/aromatic N) is 1. The summed E-state index contributed by atoms with van der Waals surface area (Å²) < 4.78 is 19.1. The van der Waals surface area contributed by atoms with Gasteiger partial charge in [0.1, 0.15) is 18.2 Å². The van der Waals surface area contributed by atoms with E-state index in [2.05, 4.69) is 15.9 Å². The van der Waals surface area contributed by atoms with Crippen molar-refractivity contribution in [2.24, 2.45) is 0 Å². The Labute approximate surface area is 123 Å². The minimum absolute atomic E-state index is 0.256. The van der Waals surface area contributed by atoms with Gasteiger partial charge in [0.25, 0.3) is 0 Å². The molecule has 0 N–H and O–H groups in total. The number of hydrogen-bond acceptors (Lipinski definition) is 2. The zero-order valence-corrected chi connectivity index (χ0v) is 12.0. The molecule has 0 aliphatic rings. The highest BCUT2D eigenvalue weighted by Crippen LogP contribution is 2.27. The molecule has 2 nitrogen and oxygen atoms in total. The van der Waals surface area contributed by atoms with Crippen LogP contribution in [-0.2, 0) is 6.61 Å². The van der Waals surface area contributed by atoms with Crippen molar-refractivity contribution in [2.45, 2.75) is 6.61 Å². The third-order valence-corrected chi connectivity index (χ3v) is 3.49. The van der Waals surface area contributed by atoms with Gasteiger partial charge < -0.3 is 4.74 Å². The number of halogens is 3. The molecule has 0 atom stereocenters. The zero-order chi connectivity index (χ0) is 13.8. The third-order valence-electron chi connectivity index (χ3n) is 2.46. The molecule has 2 rings (SSSR count). The molecular formula is C14H8BrClFNO. The monoisotopic (exact) mass is 339 g/mol. The Hall–Kier alpha value is -1.57. The summed E-state index contributed by atoms with van der Waals surface area (Å²) in [4.78, 5) is 0. The summed E-state index contributed by atoms with van der Waals surface area (Å²) in [6, 6.07) is 11.2. The first-order chi connectivity index (χ1) is 9.10. The third kappa shape index (κ3) is 3.46. The van der Waals surface area contributed by atoms with Crippen molar-refractivity contribution < 1.29 is 9.13 Å². The quantitative estimate of drug-likeness (QED) is 0.812. The highest BCUT2D eigenvalue weighted by atomic mass is 79.9. The van der Waals surface area contributed by atoms with Crippen molar-refractivity contribution in [1.82, 2.24) is 0 Å². The van der Waals surface area contributed by atoms with E-state index in [4.69, 9.17) is 21.6 Å². The van der Waals surface area contributed by atoms with Crippen LogP contribution in [0.1, 0.15) is 11.1 Å². The highest BCUT2D eigenvalue weighted by molar-refractivity contribution is 9.10. The van der Waals surface area contributed by atoms with Crippen LogP contribution < -0.4 is 4.74 Å². The van der Waals surface area contributed by atoms with Crippen LogP contribution in [0.15, 0.2) is 40.9 Å². The normalized spacial score (nSPS) is 10.0. The molecule has 19 heavy (non-hydrogen) atoms. The van der Waals surface area contributed by atoms with Crippen LogP contribution in [0.25, 0.3) is 0 Å². The molecule has 2 aromatic rings. The zero-order valence-electron chi connectivity index (χ0n) is 9.66. The molecular weight excluding hydrogens is 333 g/mol. The van der Waals surface area contributed by atoms with Crippen molar-refractivity contribution in [2.75, 3.05) is 0 Å². The van der Waals surface area contributed by atoms with Crippen LogP contribution in [0.4, 0.5) is 4.39 Å². The maximum Gasteiger partial charge on any atom is 0.138 e. The largest absolute Gasteiger partial charge is 0.487 e. The van der Waals surface area contributed by atoms with Gasteiger partial charge in [-0.1, -0.05) is 33.6 Å². The summed E-state index contributed by atoms with van der Waals surface area (Å²) in [7, 11) is 0. The molecule has 0 aliphatic carbocycles. The van der Waals surface area contributed by atoms with E-state index in [0.29, 0.717) is 20.8 Å². The van der Waals surface area contributed by atoms with Gasteiger partial charge >= 0.3 is 0 Å². The molecule has 0 aliphatic heterocycles. The SMILES string of the molecule is N#Cc1ccc(OCc2ccc(F)cc2Br)c(Cl)c1. The van der Waals surface area contributed by atoms with Crippen LogP contribution in [0.2, 0.25) is 5.02 Å². The van der Waals surface area contributed by atoms with Gasteiger partial charge in [-0.05, 0) is 30.3 Å². The Morgan fingerprint density at radius 3 is 2.68 bits per heavy atom. The Kier molecular flexibility index (Phi) is 4.41. The molecule has 2 aromatic carbocycles. The fourth-order valence-electron chi connectivity index (χ4n) is 1.48. The lowest BCUT2D eigenvalue weighted by Crippen LogP contribution is -1.97. The lowest BCUT2D eigenvalue weighted by atomic mass is 10.2. The van der Waals surface area contributed by atoms with Crippen LogP contribution in [0.5, 0.6) is 5.75 Å². The highest BCUT2D eigenvalue weighted by Gasteiger charge is 2.06. The number of nitriles is 1. The number of rotatable bonds is 3. The van der Waals surface area contributed by atoms with Gasteiger partial charge in [0.05, 0.1) is 16.7 Å². The minimum atomic E-state index is -0.313. The Morgan fingerprint density at radius 2 is 2.05 bits per heavy atom. The Morgan fingerprint density at radius 1 is 1.26 bits per heavy atom. The van der Waals surface area contributed by atoms with Gasteiger partial charge in [0.2, 0.25) is 0 Å². The summed E-state index contributed by atoms with van der Waals surface area (Å²) in [6.07, 6.45) is 0. The average molecular weight is 341 g/mol. The molecule has 0 heterocycles. The van der Waals surface area contributed by atoms with E-state index in [1.807, 2.05) is 6.07 Å². The molecule has 0 aromatic heterocycles. The average Bonchev–Trinajstić information content (AvgIpc) is 2.39. The molecule has 96 valence electrons. The molecule has 0 saturated heterocycles. The van der Waals surface area contributed by atoms with E-state index < -0.39 is 0 Å². The Bertz CT molecular complexity index is 654. The summed E-state index contributed by atoms with van der Waals surface area (Å²) in [5.41, 5.74) is 1.28. The molecule has 0 fully saturated rings. The number of hydrogen-bond donors (Lipinski definition) is 0. The van der Waals surface area contributed by atoms with E-state index in [1.165, 1.54) is 18.2 Å². The fraction of sp³-hybridized carbons (Fsp3) is 0.0714. The molecule has 0 spiro atoms. The van der Waals surface area contributed by atoms with Gasteiger partial charge in [0.15, 0.2) is 0 Å². The van der Waals surface area contributed by atoms with Gasteiger partial charge in [-0.2, -0.15) is 5.26 Å². The first kappa shape index (κ1) is 13.9.